The Balaban J connectivity index is 1.70. The van der Waals surface area contributed by atoms with E-state index in [4.69, 9.17) is 4.98 Å². The second-order valence-corrected chi connectivity index (χ2v) is 10.1. The van der Waals surface area contributed by atoms with Gasteiger partial charge in [0.05, 0.1) is 16.0 Å². The molecule has 0 saturated heterocycles. The Bertz CT molecular complexity index is 1240. The van der Waals surface area contributed by atoms with Crippen molar-refractivity contribution >= 4 is 17.8 Å². The first-order chi connectivity index (χ1) is 16.5. The molecule has 1 heterocycles. The van der Waals surface area contributed by atoms with Crippen LogP contribution in [0.25, 0.3) is 17.2 Å². The van der Waals surface area contributed by atoms with E-state index < -0.39 is 0 Å². The van der Waals surface area contributed by atoms with Crippen molar-refractivity contribution in [3.8, 4) is 23.0 Å². The highest BCUT2D eigenvalue weighted by molar-refractivity contribution is 8.03. The fourth-order valence-corrected chi connectivity index (χ4v) is 5.27. The number of thioether (sulfide) groups is 1. The third-order valence-electron chi connectivity index (χ3n) is 6.38. The van der Waals surface area contributed by atoms with Crippen LogP contribution in [0.4, 0.5) is 0 Å². The highest BCUT2D eigenvalue weighted by Gasteiger charge is 2.26. The molecular weight excluding hydrogens is 432 g/mol. The minimum absolute atomic E-state index is 0.129. The molecule has 0 amide bonds. The predicted molar refractivity (Wildman–Crippen MR) is 148 cm³/mol. The first-order valence-electron chi connectivity index (χ1n) is 11.8. The standard InChI is InChI=1S/C31H32N2S/c1-6-8-24-17-23(7-2)18-29(19-24)28-15-16-33-30(20-28)31(34-22(4)32-5)21(3)25-9-11-26(12-10-25)27-13-14-27/h7,9-12,15-21,27,31-32H,2,4,13-14H2,1,3,5H3. The van der Waals surface area contributed by atoms with Gasteiger partial charge >= 0.3 is 0 Å². The van der Waals surface area contributed by atoms with Crippen molar-refractivity contribution in [3.63, 3.8) is 0 Å². The summed E-state index contributed by atoms with van der Waals surface area (Å²) in [6.45, 7) is 12.3. The lowest BCUT2D eigenvalue weighted by atomic mass is 9.92. The van der Waals surface area contributed by atoms with E-state index in [9.17, 15) is 0 Å². The summed E-state index contributed by atoms with van der Waals surface area (Å²) in [5.74, 6) is 7.22. The molecule has 1 saturated carbocycles. The summed E-state index contributed by atoms with van der Waals surface area (Å²) in [6.07, 6.45) is 6.43. The lowest BCUT2D eigenvalue weighted by molar-refractivity contribution is 0.723. The van der Waals surface area contributed by atoms with Crippen molar-refractivity contribution < 1.29 is 0 Å². The average Bonchev–Trinajstić information content (AvgIpc) is 3.72. The van der Waals surface area contributed by atoms with Gasteiger partial charge in [-0.3, -0.25) is 4.98 Å². The molecule has 1 fully saturated rings. The summed E-state index contributed by atoms with van der Waals surface area (Å²) < 4.78 is 0. The molecule has 4 rings (SSSR count). The minimum atomic E-state index is 0.129. The molecule has 3 heteroatoms. The van der Waals surface area contributed by atoms with Crippen LogP contribution in [0.15, 0.2) is 79.0 Å². The molecule has 172 valence electrons. The van der Waals surface area contributed by atoms with Gasteiger partial charge in [0, 0.05) is 18.8 Å². The number of nitrogens with zero attached hydrogens (tertiary/aromatic N) is 1. The number of aromatic nitrogens is 1. The van der Waals surface area contributed by atoms with Crippen LogP contribution in [0.2, 0.25) is 0 Å². The summed E-state index contributed by atoms with van der Waals surface area (Å²) >= 11 is 1.74. The Morgan fingerprint density at radius 2 is 1.88 bits per heavy atom. The maximum atomic E-state index is 4.82. The maximum absolute atomic E-state index is 4.82. The fourth-order valence-electron chi connectivity index (χ4n) is 4.23. The van der Waals surface area contributed by atoms with Crippen molar-refractivity contribution in [1.29, 1.82) is 0 Å². The Morgan fingerprint density at radius 3 is 2.53 bits per heavy atom. The number of hydrogen-bond acceptors (Lipinski definition) is 3. The molecule has 1 aliphatic carbocycles. The van der Waals surface area contributed by atoms with Gasteiger partial charge in [0.2, 0.25) is 0 Å². The molecule has 1 N–H and O–H groups in total. The summed E-state index contributed by atoms with van der Waals surface area (Å²) in [5, 5.41) is 4.27. The molecule has 2 nitrogen and oxygen atoms in total. The van der Waals surface area contributed by atoms with Crippen LogP contribution in [0.3, 0.4) is 0 Å². The van der Waals surface area contributed by atoms with Crippen LogP contribution >= 0.6 is 11.8 Å². The van der Waals surface area contributed by atoms with Crippen molar-refractivity contribution in [1.82, 2.24) is 10.3 Å². The van der Waals surface area contributed by atoms with E-state index in [2.05, 4.69) is 91.8 Å². The SMILES string of the molecule is C=Cc1cc(C#CC)cc(-c2ccnc(C(SC(=C)NC)C(C)c3ccc(C4CC4)cc3)c2)c1. The highest BCUT2D eigenvalue weighted by atomic mass is 32.2. The number of nitrogens with one attached hydrogen (secondary N) is 1. The molecular formula is C31H32N2S. The van der Waals surface area contributed by atoms with E-state index in [0.717, 1.165) is 38.9 Å². The van der Waals surface area contributed by atoms with Crippen LogP contribution in [-0.2, 0) is 0 Å². The van der Waals surface area contributed by atoms with Crippen LogP contribution < -0.4 is 5.32 Å². The summed E-state index contributed by atoms with van der Waals surface area (Å²) in [7, 11) is 1.92. The maximum Gasteiger partial charge on any atom is 0.0612 e. The third kappa shape index (κ3) is 5.64. The first-order valence-corrected chi connectivity index (χ1v) is 12.7. The van der Waals surface area contributed by atoms with Gasteiger partial charge in [-0.2, -0.15) is 0 Å². The molecule has 0 bridgehead atoms. The molecule has 1 aliphatic rings. The van der Waals surface area contributed by atoms with Crippen molar-refractivity contribution in [3.05, 3.63) is 107 Å². The summed E-state index contributed by atoms with van der Waals surface area (Å²) in [5.41, 5.74) is 8.14. The van der Waals surface area contributed by atoms with E-state index >= 15 is 0 Å². The highest BCUT2D eigenvalue weighted by Crippen LogP contribution is 2.45. The van der Waals surface area contributed by atoms with Crippen LogP contribution in [0, 0.1) is 11.8 Å². The van der Waals surface area contributed by atoms with Gasteiger partial charge in [-0.05, 0) is 89.8 Å². The first kappa shape index (κ1) is 23.9. The van der Waals surface area contributed by atoms with E-state index in [1.54, 1.807) is 11.8 Å². The monoisotopic (exact) mass is 464 g/mol. The Hall–Kier alpha value is -3.22. The Labute approximate surface area is 208 Å². The van der Waals surface area contributed by atoms with Gasteiger partial charge in [-0.1, -0.05) is 68.1 Å². The second kappa shape index (κ2) is 10.8. The molecule has 2 aromatic carbocycles. The second-order valence-electron chi connectivity index (χ2n) is 8.83. The van der Waals surface area contributed by atoms with Gasteiger partial charge < -0.3 is 5.32 Å². The summed E-state index contributed by atoms with van der Waals surface area (Å²) in [4.78, 5) is 4.82. The van der Waals surface area contributed by atoms with Gasteiger partial charge in [0.25, 0.3) is 0 Å². The smallest absolute Gasteiger partial charge is 0.0612 e. The normalized spacial score (nSPS) is 14.4. The molecule has 0 aliphatic heterocycles. The molecule has 2 atom stereocenters. The lowest BCUT2D eigenvalue weighted by Gasteiger charge is -2.25. The average molecular weight is 465 g/mol. The van der Waals surface area contributed by atoms with E-state index in [-0.39, 0.29) is 11.2 Å². The van der Waals surface area contributed by atoms with Gasteiger partial charge in [-0.25, -0.2) is 0 Å². The number of pyridine rings is 1. The topological polar surface area (TPSA) is 24.9 Å². The Morgan fingerprint density at radius 1 is 1.12 bits per heavy atom. The Kier molecular flexibility index (Phi) is 7.60. The zero-order valence-electron chi connectivity index (χ0n) is 20.3. The largest absolute Gasteiger partial charge is 0.383 e. The minimum Gasteiger partial charge on any atom is -0.383 e. The molecule has 2 unspecified atom stereocenters. The van der Waals surface area contributed by atoms with Crippen molar-refractivity contribution in [2.24, 2.45) is 0 Å². The predicted octanol–water partition coefficient (Wildman–Crippen LogP) is 7.91. The quantitative estimate of drug-likeness (QED) is 0.326. The van der Waals surface area contributed by atoms with Gasteiger partial charge in [0.15, 0.2) is 0 Å². The lowest BCUT2D eigenvalue weighted by Crippen LogP contribution is -2.11. The molecule has 34 heavy (non-hydrogen) atoms. The van der Waals surface area contributed by atoms with Gasteiger partial charge in [0.1, 0.15) is 0 Å². The fraction of sp³-hybridized carbons (Fsp3) is 0.258. The van der Waals surface area contributed by atoms with Crippen LogP contribution in [0.5, 0.6) is 0 Å². The third-order valence-corrected chi connectivity index (χ3v) is 7.77. The number of benzene rings is 2. The zero-order valence-corrected chi connectivity index (χ0v) is 21.1. The molecule has 1 aromatic heterocycles. The molecule has 3 aromatic rings. The molecule has 0 spiro atoms. The van der Waals surface area contributed by atoms with E-state index in [1.807, 2.05) is 26.2 Å². The van der Waals surface area contributed by atoms with Crippen LogP contribution in [0.1, 0.15) is 71.7 Å². The molecule has 0 radical (unpaired) electrons. The van der Waals surface area contributed by atoms with E-state index in [1.165, 1.54) is 24.0 Å². The number of hydrogen-bond donors (Lipinski definition) is 1. The van der Waals surface area contributed by atoms with Crippen molar-refractivity contribution in [2.45, 2.75) is 43.8 Å². The number of rotatable bonds is 9. The van der Waals surface area contributed by atoms with Crippen LogP contribution in [-0.4, -0.2) is 12.0 Å². The zero-order chi connectivity index (χ0) is 24.1. The van der Waals surface area contributed by atoms with E-state index in [0.29, 0.717) is 0 Å². The van der Waals surface area contributed by atoms with Gasteiger partial charge in [-0.15, -0.1) is 5.92 Å². The van der Waals surface area contributed by atoms with Crippen molar-refractivity contribution in [2.75, 3.05) is 7.05 Å². The summed E-state index contributed by atoms with van der Waals surface area (Å²) in [6, 6.07) is 19.8.